The Morgan fingerprint density at radius 3 is 2.21 bits per heavy atom. The van der Waals surface area contributed by atoms with Gasteiger partial charge in [-0.05, 0) is 71.2 Å². The van der Waals surface area contributed by atoms with Crippen LogP contribution in [0.2, 0.25) is 0 Å². The predicted octanol–water partition coefficient (Wildman–Crippen LogP) is 1.77. The van der Waals surface area contributed by atoms with Crippen LogP contribution in [0.3, 0.4) is 0 Å². The molecule has 81 valence electrons. The van der Waals surface area contributed by atoms with Crippen molar-refractivity contribution in [3.05, 3.63) is 6.42 Å². The van der Waals surface area contributed by atoms with Crippen LogP contribution in [0.1, 0.15) is 32.1 Å². The summed E-state index contributed by atoms with van der Waals surface area (Å²) in [4.78, 5) is 5.13. The van der Waals surface area contributed by atoms with Crippen molar-refractivity contribution in [3.63, 3.8) is 0 Å². The van der Waals surface area contributed by atoms with Crippen LogP contribution in [0.25, 0.3) is 0 Å². The van der Waals surface area contributed by atoms with Crippen LogP contribution in [-0.4, -0.2) is 49.1 Å². The second-order valence-electron chi connectivity index (χ2n) is 4.63. The van der Waals surface area contributed by atoms with Gasteiger partial charge in [0.25, 0.3) is 0 Å². The van der Waals surface area contributed by atoms with Gasteiger partial charge in [0.15, 0.2) is 0 Å². The van der Waals surface area contributed by atoms with Crippen molar-refractivity contribution in [3.8, 4) is 0 Å². The number of nitrogens with zero attached hydrogens (tertiary/aromatic N) is 2. The molecule has 0 aromatic rings. The van der Waals surface area contributed by atoms with Crippen molar-refractivity contribution >= 4 is 0 Å². The Bertz CT molecular complexity index is 148. The van der Waals surface area contributed by atoms with Crippen LogP contribution in [0.5, 0.6) is 0 Å². The largest absolute Gasteiger partial charge is 0.303 e. The van der Waals surface area contributed by atoms with E-state index in [0.717, 1.165) is 0 Å². The molecule has 0 aromatic heterocycles. The van der Waals surface area contributed by atoms with Crippen LogP contribution < -0.4 is 0 Å². The topological polar surface area (TPSA) is 6.48 Å². The molecule has 2 nitrogen and oxygen atoms in total. The molecule has 2 aliphatic heterocycles. The first-order chi connectivity index (χ1) is 6.95. The Balaban J connectivity index is 1.39. The average molecular weight is 195 g/mol. The fraction of sp³-hybridized carbons (Fsp3) is 0.917. The molecule has 2 heterocycles. The van der Waals surface area contributed by atoms with Gasteiger partial charge in [0.2, 0.25) is 0 Å². The third-order valence-corrected chi connectivity index (χ3v) is 3.42. The average Bonchev–Trinajstić information content (AvgIpc) is 2.60. The van der Waals surface area contributed by atoms with Crippen LogP contribution in [0, 0.1) is 6.42 Å². The lowest BCUT2D eigenvalue weighted by Gasteiger charge is -2.30. The van der Waals surface area contributed by atoms with Crippen molar-refractivity contribution in [1.29, 1.82) is 0 Å². The normalized spacial score (nSPS) is 24.0. The Kier molecular flexibility index (Phi) is 4.26. The lowest BCUT2D eigenvalue weighted by atomic mass is 10.1. The van der Waals surface area contributed by atoms with Crippen LogP contribution in [0.15, 0.2) is 0 Å². The molecule has 0 amide bonds. The Hall–Kier alpha value is -0.0800. The molecule has 0 spiro atoms. The zero-order chi connectivity index (χ0) is 9.64. The molecule has 2 rings (SSSR count). The molecule has 0 aromatic carbocycles. The van der Waals surface area contributed by atoms with E-state index in [9.17, 15) is 0 Å². The molecule has 1 radical (unpaired) electrons. The summed E-state index contributed by atoms with van der Waals surface area (Å²) >= 11 is 0. The third-order valence-electron chi connectivity index (χ3n) is 3.42. The lowest BCUT2D eigenvalue weighted by Crippen LogP contribution is -2.37. The predicted molar refractivity (Wildman–Crippen MR) is 60.3 cm³/mol. The van der Waals surface area contributed by atoms with E-state index in [1.54, 1.807) is 0 Å². The summed E-state index contributed by atoms with van der Waals surface area (Å²) in [5.41, 5.74) is 0. The first-order valence-corrected chi connectivity index (χ1v) is 6.21. The molecule has 0 aliphatic carbocycles. The quantitative estimate of drug-likeness (QED) is 0.596. The van der Waals surface area contributed by atoms with Gasteiger partial charge in [0, 0.05) is 6.54 Å². The van der Waals surface area contributed by atoms with Gasteiger partial charge in [0.1, 0.15) is 0 Å². The van der Waals surface area contributed by atoms with E-state index in [1.165, 1.54) is 71.4 Å². The van der Waals surface area contributed by atoms with Crippen molar-refractivity contribution in [1.82, 2.24) is 9.80 Å². The standard InChI is InChI=1S/C12H23N2/c1(3-8-14-11-6-12-14)2-7-13-9-4-5-10-13/h2H,1,3-12H2. The molecule has 0 saturated carbocycles. The highest BCUT2D eigenvalue weighted by Gasteiger charge is 2.13. The van der Waals surface area contributed by atoms with E-state index < -0.39 is 0 Å². The van der Waals surface area contributed by atoms with Crippen molar-refractivity contribution in [2.24, 2.45) is 0 Å². The highest BCUT2D eigenvalue weighted by Crippen LogP contribution is 2.10. The van der Waals surface area contributed by atoms with Gasteiger partial charge in [0.05, 0.1) is 0 Å². The Morgan fingerprint density at radius 1 is 0.857 bits per heavy atom. The van der Waals surface area contributed by atoms with Crippen molar-refractivity contribution in [2.75, 3.05) is 39.3 Å². The SMILES string of the molecule is [CH](CCCN1CCC1)CN1CCCC1. The maximum atomic E-state index is 2.57. The third kappa shape index (κ3) is 3.25. The first kappa shape index (κ1) is 10.4. The van der Waals surface area contributed by atoms with Gasteiger partial charge < -0.3 is 9.80 Å². The van der Waals surface area contributed by atoms with Crippen LogP contribution in [0.4, 0.5) is 0 Å². The molecular weight excluding hydrogens is 172 g/mol. The zero-order valence-electron chi connectivity index (χ0n) is 9.25. The molecule has 0 bridgehead atoms. The maximum Gasteiger partial charge on any atom is 0.00128 e. The molecule has 2 fully saturated rings. The second-order valence-corrected chi connectivity index (χ2v) is 4.63. The minimum absolute atomic E-state index is 1.24. The molecule has 2 heteroatoms. The summed E-state index contributed by atoms with van der Waals surface area (Å²) in [5.74, 6) is 0. The maximum absolute atomic E-state index is 2.57. The number of hydrogen-bond acceptors (Lipinski definition) is 2. The Labute approximate surface area is 88.3 Å². The van der Waals surface area contributed by atoms with Gasteiger partial charge in [-0.25, -0.2) is 0 Å². The van der Waals surface area contributed by atoms with Crippen molar-refractivity contribution in [2.45, 2.75) is 32.1 Å². The molecule has 0 unspecified atom stereocenters. The first-order valence-electron chi connectivity index (χ1n) is 6.21. The lowest BCUT2D eigenvalue weighted by molar-refractivity contribution is 0.179. The zero-order valence-corrected chi connectivity index (χ0v) is 9.25. The molecular formula is C12H23N2. The van der Waals surface area contributed by atoms with E-state index >= 15 is 0 Å². The summed E-state index contributed by atoms with van der Waals surface area (Å²) in [6.45, 7) is 7.94. The minimum Gasteiger partial charge on any atom is -0.303 e. The van der Waals surface area contributed by atoms with Gasteiger partial charge in [-0.1, -0.05) is 0 Å². The van der Waals surface area contributed by atoms with Gasteiger partial charge >= 0.3 is 0 Å². The highest BCUT2D eigenvalue weighted by atomic mass is 15.2. The molecule has 0 atom stereocenters. The smallest absolute Gasteiger partial charge is 0.00128 e. The monoisotopic (exact) mass is 195 g/mol. The Morgan fingerprint density at radius 2 is 1.57 bits per heavy atom. The summed E-state index contributed by atoms with van der Waals surface area (Å²) in [6, 6.07) is 0. The summed E-state index contributed by atoms with van der Waals surface area (Å²) in [7, 11) is 0. The van der Waals surface area contributed by atoms with E-state index in [-0.39, 0.29) is 0 Å². The summed E-state index contributed by atoms with van der Waals surface area (Å²) < 4.78 is 0. The fourth-order valence-corrected chi connectivity index (χ4v) is 2.30. The molecule has 2 saturated heterocycles. The van der Waals surface area contributed by atoms with E-state index in [4.69, 9.17) is 0 Å². The molecule has 2 aliphatic rings. The van der Waals surface area contributed by atoms with E-state index in [0.29, 0.717) is 0 Å². The summed E-state index contributed by atoms with van der Waals surface area (Å²) in [5, 5.41) is 0. The van der Waals surface area contributed by atoms with E-state index in [2.05, 4.69) is 16.2 Å². The van der Waals surface area contributed by atoms with Gasteiger partial charge in [-0.3, -0.25) is 0 Å². The van der Waals surface area contributed by atoms with Crippen molar-refractivity contribution < 1.29 is 0 Å². The highest BCUT2D eigenvalue weighted by molar-refractivity contribution is 4.76. The fourth-order valence-electron chi connectivity index (χ4n) is 2.30. The number of hydrogen-bond donors (Lipinski definition) is 0. The van der Waals surface area contributed by atoms with E-state index in [1.807, 2.05) is 0 Å². The van der Waals surface area contributed by atoms with Gasteiger partial charge in [-0.15, -0.1) is 0 Å². The number of likely N-dealkylation sites (tertiary alicyclic amines) is 2. The summed E-state index contributed by atoms with van der Waals surface area (Å²) in [6.07, 6.45) is 9.42. The number of rotatable bonds is 6. The second kappa shape index (κ2) is 5.72. The van der Waals surface area contributed by atoms with Crippen LogP contribution in [-0.2, 0) is 0 Å². The number of unbranched alkanes of at least 4 members (excludes halogenated alkanes) is 2. The molecule has 0 N–H and O–H groups in total. The van der Waals surface area contributed by atoms with Crippen LogP contribution >= 0.6 is 0 Å². The molecule has 14 heavy (non-hydrogen) atoms. The van der Waals surface area contributed by atoms with Gasteiger partial charge in [-0.2, -0.15) is 0 Å². The minimum atomic E-state index is 1.24.